The minimum Gasteiger partial charge on any atom is -0.368 e. The fourth-order valence-electron chi connectivity index (χ4n) is 1.80. The third-order valence-corrected chi connectivity index (χ3v) is 2.76. The molecule has 88 valence electrons. The molecule has 1 unspecified atom stereocenters. The fourth-order valence-corrected chi connectivity index (χ4v) is 1.80. The number of aromatic nitrogens is 3. The summed E-state index contributed by atoms with van der Waals surface area (Å²) in [7, 11) is 0. The Hall–Kier alpha value is -1.47. The lowest BCUT2D eigenvalue weighted by molar-refractivity contribution is 0.380. The van der Waals surface area contributed by atoms with Crippen molar-refractivity contribution in [2.45, 2.75) is 25.4 Å². The molecule has 0 saturated carbocycles. The van der Waals surface area contributed by atoms with Crippen LogP contribution in [-0.2, 0) is 6.54 Å². The van der Waals surface area contributed by atoms with Crippen molar-refractivity contribution in [2.24, 2.45) is 0 Å². The van der Waals surface area contributed by atoms with Crippen molar-refractivity contribution >= 4 is 11.9 Å². The molecule has 2 rings (SSSR count). The van der Waals surface area contributed by atoms with Gasteiger partial charge in [0.25, 0.3) is 0 Å². The first-order valence-corrected chi connectivity index (χ1v) is 5.29. The monoisotopic (exact) mass is 223 g/mol. The minimum atomic E-state index is 0.0934. The van der Waals surface area contributed by atoms with Gasteiger partial charge < -0.3 is 22.1 Å². The van der Waals surface area contributed by atoms with E-state index in [0.29, 0.717) is 12.4 Å². The van der Waals surface area contributed by atoms with Crippen molar-refractivity contribution in [3.05, 3.63) is 5.82 Å². The Kier molecular flexibility index (Phi) is 2.88. The molecule has 16 heavy (non-hydrogen) atoms. The van der Waals surface area contributed by atoms with Gasteiger partial charge in [-0.25, -0.2) is 0 Å². The van der Waals surface area contributed by atoms with E-state index in [0.717, 1.165) is 19.5 Å². The summed E-state index contributed by atoms with van der Waals surface area (Å²) in [5.74, 6) is 0.913. The molecule has 1 aromatic heterocycles. The Bertz CT molecular complexity index is 352. The standard InChI is InChI=1S/C9H17N7/c1-9(2-3-12-5-9)13-4-6-14-7(10)16-8(11)15-6/h12-13H,2-5H2,1H3,(H4,10,11,14,15,16). The van der Waals surface area contributed by atoms with Crippen LogP contribution in [0.25, 0.3) is 0 Å². The number of hydrogen-bond donors (Lipinski definition) is 4. The van der Waals surface area contributed by atoms with E-state index in [1.165, 1.54) is 0 Å². The second-order valence-corrected chi connectivity index (χ2v) is 4.31. The van der Waals surface area contributed by atoms with Gasteiger partial charge in [-0.1, -0.05) is 0 Å². The lowest BCUT2D eigenvalue weighted by Crippen LogP contribution is -2.43. The summed E-state index contributed by atoms with van der Waals surface area (Å²) in [5.41, 5.74) is 11.1. The SMILES string of the molecule is CC1(NCc2nc(N)nc(N)n2)CCNC1. The molecule has 1 fully saturated rings. The van der Waals surface area contributed by atoms with Crippen LogP contribution in [0.4, 0.5) is 11.9 Å². The van der Waals surface area contributed by atoms with Gasteiger partial charge in [0.15, 0.2) is 0 Å². The molecule has 7 heteroatoms. The topological polar surface area (TPSA) is 115 Å². The highest BCUT2D eigenvalue weighted by molar-refractivity contribution is 5.25. The second-order valence-electron chi connectivity index (χ2n) is 4.31. The largest absolute Gasteiger partial charge is 0.368 e. The number of nitrogens with one attached hydrogen (secondary N) is 2. The van der Waals surface area contributed by atoms with Gasteiger partial charge in [-0.05, 0) is 19.9 Å². The van der Waals surface area contributed by atoms with Crippen LogP contribution in [0.1, 0.15) is 19.2 Å². The molecular weight excluding hydrogens is 206 g/mol. The van der Waals surface area contributed by atoms with Crippen LogP contribution in [0, 0.1) is 0 Å². The van der Waals surface area contributed by atoms with Crippen molar-refractivity contribution in [3.8, 4) is 0 Å². The van der Waals surface area contributed by atoms with Gasteiger partial charge in [-0.15, -0.1) is 0 Å². The molecule has 1 aromatic rings. The molecule has 0 aliphatic carbocycles. The highest BCUT2D eigenvalue weighted by Crippen LogP contribution is 2.13. The Morgan fingerprint density at radius 1 is 1.31 bits per heavy atom. The zero-order chi connectivity index (χ0) is 11.6. The third kappa shape index (κ3) is 2.56. The number of nitrogens with zero attached hydrogens (tertiary/aromatic N) is 3. The number of nitrogen functional groups attached to an aromatic ring is 2. The summed E-state index contributed by atoms with van der Waals surface area (Å²) < 4.78 is 0. The minimum absolute atomic E-state index is 0.0934. The van der Waals surface area contributed by atoms with Crippen molar-refractivity contribution in [1.82, 2.24) is 25.6 Å². The molecule has 0 spiro atoms. The molecule has 1 atom stereocenters. The van der Waals surface area contributed by atoms with Crippen LogP contribution in [0.15, 0.2) is 0 Å². The summed E-state index contributed by atoms with van der Waals surface area (Å²) in [6.45, 7) is 4.70. The van der Waals surface area contributed by atoms with E-state index in [1.807, 2.05) is 0 Å². The maximum atomic E-state index is 5.49. The lowest BCUT2D eigenvalue weighted by atomic mass is 10.0. The molecular formula is C9H17N7. The highest BCUT2D eigenvalue weighted by atomic mass is 15.2. The molecule has 2 heterocycles. The maximum absolute atomic E-state index is 5.49. The maximum Gasteiger partial charge on any atom is 0.225 e. The van der Waals surface area contributed by atoms with E-state index >= 15 is 0 Å². The lowest BCUT2D eigenvalue weighted by Gasteiger charge is -2.23. The molecule has 6 N–H and O–H groups in total. The number of rotatable bonds is 3. The summed E-state index contributed by atoms with van der Waals surface area (Å²) in [4.78, 5) is 11.8. The predicted octanol–water partition coefficient (Wildman–Crippen LogP) is -1.12. The van der Waals surface area contributed by atoms with E-state index in [2.05, 4.69) is 32.5 Å². The van der Waals surface area contributed by atoms with Gasteiger partial charge in [0.05, 0.1) is 6.54 Å². The normalized spacial score (nSPS) is 24.8. The second kappa shape index (κ2) is 4.18. The quantitative estimate of drug-likeness (QED) is 0.513. The van der Waals surface area contributed by atoms with Crippen molar-refractivity contribution in [3.63, 3.8) is 0 Å². The highest BCUT2D eigenvalue weighted by Gasteiger charge is 2.27. The number of hydrogen-bond acceptors (Lipinski definition) is 7. The van der Waals surface area contributed by atoms with Crippen LogP contribution < -0.4 is 22.1 Å². The van der Waals surface area contributed by atoms with E-state index in [4.69, 9.17) is 11.5 Å². The predicted molar refractivity (Wildman–Crippen MR) is 61.4 cm³/mol. The van der Waals surface area contributed by atoms with Crippen molar-refractivity contribution < 1.29 is 0 Å². The van der Waals surface area contributed by atoms with Crippen LogP contribution in [0.3, 0.4) is 0 Å². The molecule has 0 radical (unpaired) electrons. The van der Waals surface area contributed by atoms with Gasteiger partial charge in [0, 0.05) is 12.1 Å². The zero-order valence-corrected chi connectivity index (χ0v) is 9.32. The van der Waals surface area contributed by atoms with E-state index in [1.54, 1.807) is 0 Å². The molecule has 0 bridgehead atoms. The average molecular weight is 223 g/mol. The van der Waals surface area contributed by atoms with Crippen LogP contribution >= 0.6 is 0 Å². The van der Waals surface area contributed by atoms with E-state index < -0.39 is 0 Å². The van der Waals surface area contributed by atoms with Gasteiger partial charge >= 0.3 is 0 Å². The zero-order valence-electron chi connectivity index (χ0n) is 9.32. The number of nitrogens with two attached hydrogens (primary N) is 2. The first-order valence-electron chi connectivity index (χ1n) is 5.29. The molecule has 0 aromatic carbocycles. The Morgan fingerprint density at radius 3 is 2.56 bits per heavy atom. The van der Waals surface area contributed by atoms with E-state index in [9.17, 15) is 0 Å². The Labute approximate surface area is 94.1 Å². The molecule has 0 amide bonds. The van der Waals surface area contributed by atoms with Crippen LogP contribution in [-0.4, -0.2) is 33.6 Å². The van der Waals surface area contributed by atoms with Gasteiger partial charge in [-0.2, -0.15) is 15.0 Å². The van der Waals surface area contributed by atoms with Gasteiger partial charge in [-0.3, -0.25) is 0 Å². The number of anilines is 2. The molecule has 7 nitrogen and oxygen atoms in total. The van der Waals surface area contributed by atoms with Gasteiger partial charge in [0.1, 0.15) is 5.82 Å². The first-order chi connectivity index (χ1) is 7.57. The third-order valence-electron chi connectivity index (χ3n) is 2.76. The Balaban J connectivity index is 1.98. The van der Waals surface area contributed by atoms with Crippen molar-refractivity contribution in [2.75, 3.05) is 24.6 Å². The first kappa shape index (κ1) is 11.0. The van der Waals surface area contributed by atoms with E-state index in [-0.39, 0.29) is 17.4 Å². The van der Waals surface area contributed by atoms with Crippen LogP contribution in [0.2, 0.25) is 0 Å². The summed E-state index contributed by atoms with van der Waals surface area (Å²) in [5, 5.41) is 6.71. The Morgan fingerprint density at radius 2 is 2.00 bits per heavy atom. The van der Waals surface area contributed by atoms with Crippen LogP contribution in [0.5, 0.6) is 0 Å². The van der Waals surface area contributed by atoms with Crippen molar-refractivity contribution in [1.29, 1.82) is 0 Å². The van der Waals surface area contributed by atoms with Gasteiger partial charge in [0.2, 0.25) is 11.9 Å². The molecule has 1 aliphatic rings. The summed E-state index contributed by atoms with van der Waals surface area (Å²) in [6, 6.07) is 0. The summed E-state index contributed by atoms with van der Waals surface area (Å²) >= 11 is 0. The molecule has 1 aliphatic heterocycles. The average Bonchev–Trinajstić information content (AvgIpc) is 2.62. The molecule has 1 saturated heterocycles. The summed E-state index contributed by atoms with van der Waals surface area (Å²) in [6.07, 6.45) is 1.09. The smallest absolute Gasteiger partial charge is 0.225 e. The fraction of sp³-hybridized carbons (Fsp3) is 0.667.